The molecular weight excluding hydrogens is 502 g/mol. The molecular formula is C27H25ClF2N4O3. The molecule has 0 aliphatic rings. The average molecular weight is 527 g/mol. The maximum absolute atomic E-state index is 14.4. The Morgan fingerprint density at radius 1 is 1.05 bits per heavy atom. The first kappa shape index (κ1) is 26.4. The summed E-state index contributed by atoms with van der Waals surface area (Å²) in [5, 5.41) is 10.6. The van der Waals surface area contributed by atoms with Crippen LogP contribution in [0.1, 0.15) is 42.2 Å². The van der Waals surface area contributed by atoms with Gasteiger partial charge in [-0.2, -0.15) is 4.98 Å². The minimum atomic E-state index is -1.23. The molecule has 1 N–H and O–H groups in total. The summed E-state index contributed by atoms with van der Waals surface area (Å²) in [6, 6.07) is 9.24. The molecule has 0 fully saturated rings. The maximum atomic E-state index is 14.4. The first-order valence-corrected chi connectivity index (χ1v) is 11.8. The highest BCUT2D eigenvalue weighted by Crippen LogP contribution is 2.29. The number of hydrogen-bond donors (Lipinski definition) is 1. The zero-order chi connectivity index (χ0) is 27.1. The van der Waals surface area contributed by atoms with Crippen LogP contribution in [0.15, 0.2) is 47.4 Å². The second-order valence-corrected chi connectivity index (χ2v) is 9.56. The Bertz CT molecular complexity index is 1570. The fourth-order valence-corrected chi connectivity index (χ4v) is 3.95. The number of nitrogens with zero attached hydrogens (tertiary/aromatic N) is 4. The van der Waals surface area contributed by atoms with E-state index in [4.69, 9.17) is 16.3 Å². The Morgan fingerprint density at radius 3 is 2.49 bits per heavy atom. The summed E-state index contributed by atoms with van der Waals surface area (Å²) < 4.78 is 35.0. The molecule has 0 amide bonds. The van der Waals surface area contributed by atoms with Crippen LogP contribution in [0.4, 0.5) is 8.78 Å². The third-order valence-corrected chi connectivity index (χ3v) is 6.20. The zero-order valence-corrected chi connectivity index (χ0v) is 21.7. The average Bonchev–Trinajstić information content (AvgIpc) is 2.85. The van der Waals surface area contributed by atoms with Crippen molar-refractivity contribution in [2.75, 3.05) is 0 Å². The number of benzene rings is 2. The number of aryl methyl sites for hydroxylation is 1. The van der Waals surface area contributed by atoms with Gasteiger partial charge in [0.25, 0.3) is 5.56 Å². The van der Waals surface area contributed by atoms with Crippen LogP contribution in [0.2, 0.25) is 5.02 Å². The summed E-state index contributed by atoms with van der Waals surface area (Å²) >= 11 is 6.48. The van der Waals surface area contributed by atoms with Gasteiger partial charge in [0.2, 0.25) is 5.88 Å². The molecule has 0 atom stereocenters. The van der Waals surface area contributed by atoms with Crippen molar-refractivity contribution < 1.29 is 18.6 Å². The first-order chi connectivity index (χ1) is 17.4. The van der Waals surface area contributed by atoms with Gasteiger partial charge in [0.1, 0.15) is 29.7 Å². The molecule has 2 aromatic heterocycles. The molecule has 0 saturated heterocycles. The smallest absolute Gasteiger partial charge is 0.264 e. The second-order valence-electron chi connectivity index (χ2n) is 9.15. The molecule has 7 nitrogen and oxygen atoms in total. The van der Waals surface area contributed by atoms with E-state index in [-0.39, 0.29) is 35.0 Å². The summed E-state index contributed by atoms with van der Waals surface area (Å²) in [6.45, 7) is 7.46. The minimum Gasteiger partial charge on any atom is -0.472 e. The van der Waals surface area contributed by atoms with Gasteiger partial charge in [0.05, 0.1) is 22.0 Å². The van der Waals surface area contributed by atoms with Crippen molar-refractivity contribution in [3.05, 3.63) is 97.9 Å². The Balaban J connectivity index is 1.72. The summed E-state index contributed by atoms with van der Waals surface area (Å²) in [4.78, 5) is 26.4. The van der Waals surface area contributed by atoms with Gasteiger partial charge in [-0.1, -0.05) is 17.7 Å². The van der Waals surface area contributed by atoms with Crippen LogP contribution in [-0.2, 0) is 12.2 Å². The molecule has 0 spiro atoms. The lowest BCUT2D eigenvalue weighted by molar-refractivity contribution is 0.0688. The Kier molecular flexibility index (Phi) is 7.12. The van der Waals surface area contributed by atoms with Crippen LogP contribution >= 0.6 is 11.6 Å². The highest BCUT2D eigenvalue weighted by Gasteiger charge is 2.21. The fourth-order valence-electron chi connectivity index (χ4n) is 3.74. The molecule has 0 saturated carbocycles. The highest BCUT2D eigenvalue weighted by atomic mass is 35.5. The topological polar surface area (TPSA) is 90.1 Å². The first-order valence-electron chi connectivity index (χ1n) is 11.4. The van der Waals surface area contributed by atoms with Crippen molar-refractivity contribution in [3.8, 4) is 22.8 Å². The number of halogens is 3. The summed E-state index contributed by atoms with van der Waals surface area (Å²) in [6.07, 6.45) is 1.55. The van der Waals surface area contributed by atoms with Crippen LogP contribution < -0.4 is 10.3 Å². The summed E-state index contributed by atoms with van der Waals surface area (Å²) in [7, 11) is 0. The predicted octanol–water partition coefficient (Wildman–Crippen LogP) is 5.35. The fraction of sp³-hybridized carbons (Fsp3) is 0.259. The lowest BCUT2D eigenvalue weighted by atomic mass is 10.1. The van der Waals surface area contributed by atoms with Gasteiger partial charge in [0, 0.05) is 22.9 Å². The molecule has 4 rings (SSSR count). The van der Waals surface area contributed by atoms with Crippen molar-refractivity contribution in [2.45, 2.75) is 46.8 Å². The highest BCUT2D eigenvalue weighted by molar-refractivity contribution is 6.32. The van der Waals surface area contributed by atoms with Crippen molar-refractivity contribution in [1.82, 2.24) is 19.5 Å². The molecule has 0 unspecified atom stereocenters. The molecule has 2 heterocycles. The van der Waals surface area contributed by atoms with E-state index in [1.165, 1.54) is 17.6 Å². The Hall–Kier alpha value is -3.69. The molecule has 10 heteroatoms. The zero-order valence-electron chi connectivity index (χ0n) is 20.9. The van der Waals surface area contributed by atoms with Crippen LogP contribution in [0.3, 0.4) is 0 Å². The standard InChI is InChI=1S/C27H25ClF2N4O3/c1-14-20(29)9-7-18(23(14)30)13-37-24-15(2)25(35)34(16(3)32-24)22-12-17(6-8-19(22)28)21-10-11-31-26(33-21)27(4,5)36/h6-12,36H,13H2,1-5H3. The van der Waals surface area contributed by atoms with E-state index in [2.05, 4.69) is 15.0 Å². The van der Waals surface area contributed by atoms with Gasteiger partial charge < -0.3 is 9.84 Å². The number of aromatic nitrogens is 4. The van der Waals surface area contributed by atoms with E-state index in [1.807, 2.05) is 0 Å². The Morgan fingerprint density at radius 2 is 1.78 bits per heavy atom. The van der Waals surface area contributed by atoms with Gasteiger partial charge in [-0.05, 0) is 65.0 Å². The van der Waals surface area contributed by atoms with Crippen molar-refractivity contribution in [3.63, 3.8) is 0 Å². The normalized spacial score (nSPS) is 11.6. The van der Waals surface area contributed by atoms with Gasteiger partial charge >= 0.3 is 0 Å². The molecule has 0 radical (unpaired) electrons. The Labute approximate surface area is 217 Å². The van der Waals surface area contributed by atoms with E-state index in [0.717, 1.165) is 6.07 Å². The van der Waals surface area contributed by atoms with Crippen LogP contribution in [0.5, 0.6) is 5.88 Å². The van der Waals surface area contributed by atoms with Crippen LogP contribution in [0, 0.1) is 32.4 Å². The van der Waals surface area contributed by atoms with Crippen molar-refractivity contribution in [1.29, 1.82) is 0 Å². The van der Waals surface area contributed by atoms with Crippen molar-refractivity contribution >= 4 is 11.6 Å². The summed E-state index contributed by atoms with van der Waals surface area (Å²) in [5.74, 6) is -0.768. The van der Waals surface area contributed by atoms with E-state index >= 15 is 0 Å². The largest absolute Gasteiger partial charge is 0.472 e. The molecule has 0 aliphatic heterocycles. The molecule has 0 aliphatic carbocycles. The molecule has 2 aromatic carbocycles. The van der Waals surface area contributed by atoms with Crippen molar-refractivity contribution in [2.24, 2.45) is 0 Å². The van der Waals surface area contributed by atoms with Gasteiger partial charge in [0.15, 0.2) is 5.82 Å². The molecule has 37 heavy (non-hydrogen) atoms. The number of rotatable bonds is 6. The van der Waals surface area contributed by atoms with Gasteiger partial charge in [-0.25, -0.2) is 18.7 Å². The van der Waals surface area contributed by atoms with E-state index in [0.29, 0.717) is 27.8 Å². The number of ether oxygens (including phenoxy) is 1. The maximum Gasteiger partial charge on any atom is 0.264 e. The lowest BCUT2D eigenvalue weighted by Crippen LogP contribution is -2.25. The SMILES string of the molecule is Cc1c(F)ccc(COc2nc(C)n(-c3cc(-c4ccnc(C(C)(C)O)n4)ccc3Cl)c(=O)c2C)c1F. The third-order valence-electron chi connectivity index (χ3n) is 5.88. The monoisotopic (exact) mass is 526 g/mol. The second kappa shape index (κ2) is 9.99. The quantitative estimate of drug-likeness (QED) is 0.364. The lowest BCUT2D eigenvalue weighted by Gasteiger charge is -2.17. The number of hydrogen-bond acceptors (Lipinski definition) is 6. The predicted molar refractivity (Wildman–Crippen MR) is 136 cm³/mol. The molecule has 0 bridgehead atoms. The van der Waals surface area contributed by atoms with Gasteiger partial charge in [-0.3, -0.25) is 9.36 Å². The molecule has 4 aromatic rings. The third kappa shape index (κ3) is 5.23. The van der Waals surface area contributed by atoms with E-state index < -0.39 is 22.8 Å². The van der Waals surface area contributed by atoms with Gasteiger partial charge in [-0.15, -0.1) is 0 Å². The van der Waals surface area contributed by atoms with Crippen LogP contribution in [0.25, 0.3) is 16.9 Å². The van der Waals surface area contributed by atoms with E-state index in [9.17, 15) is 18.7 Å². The van der Waals surface area contributed by atoms with E-state index in [1.54, 1.807) is 58.2 Å². The summed E-state index contributed by atoms with van der Waals surface area (Å²) in [5.41, 5.74) is 0.154. The van der Waals surface area contributed by atoms with Crippen LogP contribution in [-0.4, -0.2) is 24.6 Å². The minimum absolute atomic E-state index is 0.0398. The molecule has 192 valence electrons. The number of aliphatic hydroxyl groups is 1.